The second-order valence-corrected chi connectivity index (χ2v) is 14.0. The second kappa shape index (κ2) is 11.7. The van der Waals surface area contributed by atoms with Gasteiger partial charge in [-0.25, -0.2) is 0 Å². The van der Waals surface area contributed by atoms with Gasteiger partial charge in [-0.3, -0.25) is 14.4 Å². The first-order chi connectivity index (χ1) is 19.0. The van der Waals surface area contributed by atoms with E-state index in [-0.39, 0.29) is 43.5 Å². The number of benzene rings is 1. The van der Waals surface area contributed by atoms with E-state index in [0.29, 0.717) is 19.3 Å². The lowest BCUT2D eigenvalue weighted by molar-refractivity contribution is -0.156. The van der Waals surface area contributed by atoms with Gasteiger partial charge in [-0.2, -0.15) is 0 Å². The number of hydrogen-bond acceptors (Lipinski definition) is 6. The van der Waals surface area contributed by atoms with Gasteiger partial charge in [0.1, 0.15) is 6.04 Å². The van der Waals surface area contributed by atoms with E-state index in [0.717, 1.165) is 23.2 Å². The molecule has 3 fully saturated rings. The number of carbonyl (C=O) groups excluding carboxylic acids is 3. The molecule has 3 saturated heterocycles. The molecule has 0 aliphatic carbocycles. The third-order valence-electron chi connectivity index (χ3n) is 9.05. The van der Waals surface area contributed by atoms with Gasteiger partial charge in [0, 0.05) is 17.0 Å². The Kier molecular flexibility index (Phi) is 8.91. The van der Waals surface area contributed by atoms with Crippen molar-refractivity contribution in [3.63, 3.8) is 0 Å². The highest BCUT2D eigenvalue weighted by molar-refractivity contribution is 8.02. The van der Waals surface area contributed by atoms with Crippen molar-refractivity contribution in [2.75, 3.05) is 24.7 Å². The van der Waals surface area contributed by atoms with Crippen LogP contribution >= 0.6 is 11.8 Å². The van der Waals surface area contributed by atoms with Crippen LogP contribution in [0.1, 0.15) is 57.6 Å². The first-order valence-corrected chi connectivity index (χ1v) is 15.2. The van der Waals surface area contributed by atoms with Crippen LogP contribution in [0.15, 0.2) is 43.5 Å². The molecule has 3 aliphatic rings. The quantitative estimate of drug-likeness (QED) is 0.221. The highest BCUT2D eigenvalue weighted by atomic mass is 32.2. The molecule has 3 aliphatic heterocycles. The number of rotatable bonds is 12. The lowest BCUT2D eigenvalue weighted by atomic mass is 9.66. The molecule has 0 saturated carbocycles. The van der Waals surface area contributed by atoms with Gasteiger partial charge in [-0.05, 0) is 69.6 Å². The Balaban J connectivity index is 1.82. The molecule has 1 spiro atoms. The summed E-state index contributed by atoms with van der Waals surface area (Å²) in [4.78, 5) is 46.2. The Morgan fingerprint density at radius 2 is 1.98 bits per heavy atom. The van der Waals surface area contributed by atoms with Gasteiger partial charge in [-0.15, -0.1) is 24.9 Å². The van der Waals surface area contributed by atoms with E-state index in [4.69, 9.17) is 4.74 Å². The van der Waals surface area contributed by atoms with Gasteiger partial charge < -0.3 is 19.6 Å². The number of nitrogens with zero attached hydrogens (tertiary/aromatic N) is 2. The summed E-state index contributed by atoms with van der Waals surface area (Å²) in [7, 11) is 0. The molecule has 2 bridgehead atoms. The number of ether oxygens (including phenoxy) is 1. The molecule has 8 heteroatoms. The minimum atomic E-state index is -0.824. The average molecular weight is 569 g/mol. The van der Waals surface area contributed by atoms with Crippen LogP contribution in [0.3, 0.4) is 0 Å². The number of esters is 1. The Hall–Kier alpha value is -2.58. The zero-order valence-corrected chi connectivity index (χ0v) is 25.3. The summed E-state index contributed by atoms with van der Waals surface area (Å²) in [5, 5.41) is 10.5. The van der Waals surface area contributed by atoms with E-state index in [9.17, 15) is 19.5 Å². The smallest absolute Gasteiger partial charge is 0.311 e. The van der Waals surface area contributed by atoms with Crippen LogP contribution in [-0.2, 0) is 19.1 Å². The molecule has 1 N–H and O–H groups in total. The summed E-state index contributed by atoms with van der Waals surface area (Å²) in [6.07, 6.45) is 6.26. The number of likely N-dealkylation sites (tertiary alicyclic amines) is 1. The number of allylic oxidation sites excluding steroid dienone is 1. The van der Waals surface area contributed by atoms with E-state index in [1.165, 1.54) is 0 Å². The molecule has 0 aromatic heterocycles. The van der Waals surface area contributed by atoms with Gasteiger partial charge in [0.05, 0.1) is 35.8 Å². The monoisotopic (exact) mass is 568 g/mol. The molecular formula is C32H44N2O5S. The SMILES string of the molecule is C=CCCCOC(=O)[C@H]1[C@H]2C(=O)N([C@@H](CO)C(C)C)C(C(=O)N(CC=C)c3cc(C)ccc3C)C23CC[C@]1(C)S3. The molecule has 1 aromatic rings. The summed E-state index contributed by atoms with van der Waals surface area (Å²) in [6.45, 7) is 17.8. The van der Waals surface area contributed by atoms with Crippen molar-refractivity contribution in [3.05, 3.63) is 54.6 Å². The number of anilines is 1. The van der Waals surface area contributed by atoms with E-state index in [2.05, 4.69) is 13.2 Å². The maximum absolute atomic E-state index is 14.8. The summed E-state index contributed by atoms with van der Waals surface area (Å²) in [6, 6.07) is 4.61. The lowest BCUT2D eigenvalue weighted by Gasteiger charge is -2.41. The van der Waals surface area contributed by atoms with Gasteiger partial charge >= 0.3 is 5.97 Å². The molecule has 6 atom stereocenters. The van der Waals surface area contributed by atoms with Crippen molar-refractivity contribution in [3.8, 4) is 0 Å². The van der Waals surface area contributed by atoms with Crippen molar-refractivity contribution >= 4 is 35.2 Å². The zero-order chi connectivity index (χ0) is 29.4. The van der Waals surface area contributed by atoms with Crippen LogP contribution in [0.25, 0.3) is 0 Å². The summed E-state index contributed by atoms with van der Waals surface area (Å²) in [5.74, 6) is -2.21. The van der Waals surface area contributed by atoms with Crippen molar-refractivity contribution in [2.24, 2.45) is 17.8 Å². The Morgan fingerprint density at radius 1 is 1.25 bits per heavy atom. The van der Waals surface area contributed by atoms with Crippen LogP contribution in [0.5, 0.6) is 0 Å². The maximum atomic E-state index is 14.8. The predicted octanol–water partition coefficient (Wildman–Crippen LogP) is 4.83. The van der Waals surface area contributed by atoms with Crippen molar-refractivity contribution in [1.82, 2.24) is 4.90 Å². The number of carbonyl (C=O) groups is 3. The fourth-order valence-electron chi connectivity index (χ4n) is 7.06. The van der Waals surface area contributed by atoms with E-state index >= 15 is 0 Å². The number of thioether (sulfide) groups is 1. The molecule has 2 unspecified atom stereocenters. The second-order valence-electron chi connectivity index (χ2n) is 12.1. The highest BCUT2D eigenvalue weighted by Crippen LogP contribution is 2.72. The van der Waals surface area contributed by atoms with Crippen molar-refractivity contribution in [2.45, 2.75) is 81.9 Å². The highest BCUT2D eigenvalue weighted by Gasteiger charge is 2.78. The standard InChI is InChI=1S/C32H44N2O5S/c1-8-10-11-17-39-30(38)26-25-28(36)34(24(19-35)20(3)4)27(32(25)15-14-31(26,7)40-32)29(37)33(16-9-2)23-18-21(5)12-13-22(23)6/h8-9,12-13,18,20,24-27,35H,1-2,10-11,14-17,19H2,3-7H3/t24-,25-,26+,27?,31-,32?/m0/s1. The number of aliphatic hydroxyl groups excluding tert-OH is 1. The number of aliphatic hydroxyl groups is 1. The molecule has 1 aromatic carbocycles. The third kappa shape index (κ3) is 4.91. The summed E-state index contributed by atoms with van der Waals surface area (Å²) < 4.78 is 4.43. The number of aryl methyl sites for hydroxylation is 2. The van der Waals surface area contributed by atoms with Crippen LogP contribution < -0.4 is 4.90 Å². The first-order valence-electron chi connectivity index (χ1n) is 14.4. The van der Waals surface area contributed by atoms with E-state index in [1.54, 1.807) is 33.7 Å². The summed E-state index contributed by atoms with van der Waals surface area (Å²) in [5.41, 5.74) is 2.75. The van der Waals surface area contributed by atoms with Gasteiger partial charge in [0.25, 0.3) is 5.91 Å². The molecule has 4 rings (SSSR count). The van der Waals surface area contributed by atoms with Crippen LogP contribution in [0.4, 0.5) is 5.69 Å². The summed E-state index contributed by atoms with van der Waals surface area (Å²) >= 11 is 1.62. The lowest BCUT2D eigenvalue weighted by Crippen LogP contribution is -2.58. The van der Waals surface area contributed by atoms with Gasteiger partial charge in [-0.1, -0.05) is 38.1 Å². The minimum absolute atomic E-state index is 0.0878. The first kappa shape index (κ1) is 30.4. The van der Waals surface area contributed by atoms with Crippen LogP contribution in [0.2, 0.25) is 0 Å². The Labute approximate surface area is 243 Å². The fourth-order valence-corrected chi connectivity index (χ4v) is 9.39. The van der Waals surface area contributed by atoms with Crippen LogP contribution in [-0.4, -0.2) is 69.1 Å². The molecule has 2 amide bonds. The largest absolute Gasteiger partial charge is 0.465 e. The molecule has 0 radical (unpaired) electrons. The topological polar surface area (TPSA) is 87.1 Å². The fraction of sp³-hybridized carbons (Fsp3) is 0.594. The maximum Gasteiger partial charge on any atom is 0.311 e. The number of fused-ring (bicyclic) bond motifs is 1. The number of amides is 2. The average Bonchev–Trinajstić information content (AvgIpc) is 3.47. The van der Waals surface area contributed by atoms with E-state index < -0.39 is 33.4 Å². The van der Waals surface area contributed by atoms with Gasteiger partial charge in [0.2, 0.25) is 5.91 Å². The molecule has 7 nitrogen and oxygen atoms in total. The molecule has 218 valence electrons. The number of unbranched alkanes of at least 4 members (excludes halogenated alkanes) is 1. The predicted molar refractivity (Wildman–Crippen MR) is 160 cm³/mol. The Bertz CT molecular complexity index is 1180. The van der Waals surface area contributed by atoms with Crippen LogP contribution in [0, 0.1) is 31.6 Å². The zero-order valence-electron chi connectivity index (χ0n) is 24.5. The van der Waals surface area contributed by atoms with Crippen molar-refractivity contribution in [1.29, 1.82) is 0 Å². The van der Waals surface area contributed by atoms with Crippen molar-refractivity contribution < 1.29 is 24.2 Å². The third-order valence-corrected chi connectivity index (χ3v) is 11.0. The van der Waals surface area contributed by atoms with Gasteiger partial charge in [0.15, 0.2) is 0 Å². The Morgan fingerprint density at radius 3 is 2.60 bits per heavy atom. The number of hydrogen-bond donors (Lipinski definition) is 1. The normalized spacial score (nSPS) is 29.4. The van der Waals surface area contributed by atoms with E-state index in [1.807, 2.05) is 52.8 Å². The molecular weight excluding hydrogens is 524 g/mol. The minimum Gasteiger partial charge on any atom is -0.465 e. The molecule has 40 heavy (non-hydrogen) atoms. The molecule has 3 heterocycles.